The summed E-state index contributed by atoms with van der Waals surface area (Å²) in [6, 6.07) is 8.63. The van der Waals surface area contributed by atoms with E-state index in [1.807, 2.05) is 12.1 Å². The highest BCUT2D eigenvalue weighted by molar-refractivity contribution is 6.31. The minimum absolute atomic E-state index is 0.280. The number of pyridine rings is 1. The molecule has 0 bridgehead atoms. The Morgan fingerprint density at radius 1 is 1.18 bits per heavy atom. The van der Waals surface area contributed by atoms with E-state index in [2.05, 4.69) is 9.88 Å². The number of piperidine rings is 1. The summed E-state index contributed by atoms with van der Waals surface area (Å²) in [4.78, 5) is 6.59. The molecule has 1 aliphatic carbocycles. The van der Waals surface area contributed by atoms with Gasteiger partial charge in [-0.3, -0.25) is 4.98 Å². The number of rotatable bonds is 3. The number of benzene rings is 1. The Bertz CT molecular complexity index is 814. The van der Waals surface area contributed by atoms with E-state index < -0.39 is 12.2 Å². The molecule has 2 aromatic rings. The van der Waals surface area contributed by atoms with Gasteiger partial charge < -0.3 is 15.1 Å². The quantitative estimate of drug-likeness (QED) is 0.766. The molecule has 0 amide bonds. The maximum Gasteiger partial charge on any atom is 0.128 e. The number of nitrogens with zero attached hydrogens (tertiary/aromatic N) is 2. The van der Waals surface area contributed by atoms with Gasteiger partial charge in [-0.15, -0.1) is 0 Å². The average Bonchev–Trinajstić information content (AvgIpc) is 2.82. The van der Waals surface area contributed by atoms with Crippen LogP contribution in [0.5, 0.6) is 0 Å². The second kappa shape index (κ2) is 8.46. The summed E-state index contributed by atoms with van der Waals surface area (Å²) in [5, 5.41) is 21.6. The van der Waals surface area contributed by atoms with Crippen molar-refractivity contribution in [3.05, 3.63) is 64.2 Å². The van der Waals surface area contributed by atoms with E-state index in [0.717, 1.165) is 37.2 Å². The minimum Gasteiger partial charge on any atom is -0.391 e. The zero-order chi connectivity index (χ0) is 19.7. The molecule has 1 fully saturated rings. The van der Waals surface area contributed by atoms with Gasteiger partial charge in [0.05, 0.1) is 17.9 Å². The maximum absolute atomic E-state index is 14.3. The number of halogens is 2. The van der Waals surface area contributed by atoms with Crippen molar-refractivity contribution in [1.82, 2.24) is 9.88 Å². The maximum atomic E-state index is 14.3. The lowest BCUT2D eigenvalue weighted by Gasteiger charge is -2.38. The molecule has 1 aromatic carbocycles. The lowest BCUT2D eigenvalue weighted by molar-refractivity contribution is 0.0364. The van der Waals surface area contributed by atoms with Gasteiger partial charge in [-0.2, -0.15) is 0 Å². The smallest absolute Gasteiger partial charge is 0.128 e. The molecule has 2 unspecified atom stereocenters. The molecule has 28 heavy (non-hydrogen) atoms. The molecule has 0 saturated carbocycles. The van der Waals surface area contributed by atoms with Gasteiger partial charge >= 0.3 is 0 Å². The van der Waals surface area contributed by atoms with Crippen LogP contribution in [0, 0.1) is 11.7 Å². The van der Waals surface area contributed by atoms with Crippen LogP contribution in [0.3, 0.4) is 0 Å². The lowest BCUT2D eigenvalue weighted by Crippen LogP contribution is -2.45. The number of likely N-dealkylation sites (tertiary alicyclic amines) is 1. The number of aryl methyl sites for hydroxylation is 1. The Hall–Kier alpha value is -1.53. The molecule has 1 aliphatic heterocycles. The summed E-state index contributed by atoms with van der Waals surface area (Å²) >= 11 is 6.20. The van der Waals surface area contributed by atoms with Gasteiger partial charge in [0.2, 0.25) is 0 Å². The zero-order valence-electron chi connectivity index (χ0n) is 15.8. The highest BCUT2D eigenvalue weighted by atomic mass is 35.5. The standard InChI is InChI=1S/C22H26ClFN2O2/c23-17-4-1-5-18(24)21(17)16-8-10-26(13-20(16)28)12-14-6-7-15-3-2-9-25-22(15)19(27)11-14/h1-5,9,14,16,19-20,27-28H,6-8,10-13H2/t14-,16?,19+,20?/m1/s1. The van der Waals surface area contributed by atoms with Crippen LogP contribution < -0.4 is 0 Å². The summed E-state index contributed by atoms with van der Waals surface area (Å²) in [5.41, 5.74) is 2.37. The zero-order valence-corrected chi connectivity index (χ0v) is 16.5. The summed E-state index contributed by atoms with van der Waals surface area (Å²) in [6.45, 7) is 2.09. The average molecular weight is 405 g/mol. The monoisotopic (exact) mass is 404 g/mol. The molecule has 1 aromatic heterocycles. The number of β-amino-alcohol motifs (C(OH)–C–C–N with tert-alkyl or cyclic N) is 1. The molecule has 150 valence electrons. The number of hydrogen-bond acceptors (Lipinski definition) is 4. The first-order valence-electron chi connectivity index (χ1n) is 9.99. The largest absolute Gasteiger partial charge is 0.391 e. The van der Waals surface area contributed by atoms with Gasteiger partial charge in [0.1, 0.15) is 5.82 Å². The van der Waals surface area contributed by atoms with Crippen LogP contribution in [-0.2, 0) is 6.42 Å². The van der Waals surface area contributed by atoms with Crippen LogP contribution in [0.1, 0.15) is 48.1 Å². The molecule has 1 saturated heterocycles. The Balaban J connectivity index is 1.39. The summed E-state index contributed by atoms with van der Waals surface area (Å²) < 4.78 is 14.3. The third-order valence-corrected chi connectivity index (χ3v) is 6.50. The van der Waals surface area contributed by atoms with Gasteiger partial charge in [0.15, 0.2) is 0 Å². The van der Waals surface area contributed by atoms with E-state index in [-0.39, 0.29) is 11.7 Å². The molecule has 6 heteroatoms. The number of aliphatic hydroxyl groups excluding tert-OH is 2. The van der Waals surface area contributed by atoms with Crippen molar-refractivity contribution in [2.45, 2.75) is 43.8 Å². The molecule has 4 nitrogen and oxygen atoms in total. The Morgan fingerprint density at radius 2 is 2.04 bits per heavy atom. The molecule has 2 N–H and O–H groups in total. The van der Waals surface area contributed by atoms with Crippen molar-refractivity contribution in [3.8, 4) is 0 Å². The van der Waals surface area contributed by atoms with Gasteiger partial charge in [0, 0.05) is 35.8 Å². The van der Waals surface area contributed by atoms with E-state index >= 15 is 0 Å². The van der Waals surface area contributed by atoms with Crippen LogP contribution >= 0.6 is 11.6 Å². The SMILES string of the molecule is OC1CN(C[C@@H]2CCc3cccnc3[C@@H](O)C2)CCC1c1c(F)cccc1Cl. The van der Waals surface area contributed by atoms with Gasteiger partial charge in [0.25, 0.3) is 0 Å². The van der Waals surface area contributed by atoms with Crippen LogP contribution in [0.25, 0.3) is 0 Å². The Kier molecular flexibility index (Phi) is 5.97. The number of fused-ring (bicyclic) bond motifs is 1. The molecule has 2 aliphatic rings. The van der Waals surface area contributed by atoms with Crippen LogP contribution in [0.2, 0.25) is 5.02 Å². The van der Waals surface area contributed by atoms with Gasteiger partial charge in [-0.1, -0.05) is 23.7 Å². The Morgan fingerprint density at radius 3 is 2.82 bits per heavy atom. The van der Waals surface area contributed by atoms with E-state index in [0.29, 0.717) is 35.9 Å². The number of aliphatic hydroxyl groups is 2. The van der Waals surface area contributed by atoms with Crippen molar-refractivity contribution >= 4 is 11.6 Å². The van der Waals surface area contributed by atoms with Crippen molar-refractivity contribution < 1.29 is 14.6 Å². The van der Waals surface area contributed by atoms with Crippen LogP contribution in [0.4, 0.5) is 4.39 Å². The lowest BCUT2D eigenvalue weighted by atomic mass is 9.86. The van der Waals surface area contributed by atoms with Gasteiger partial charge in [-0.25, -0.2) is 4.39 Å². The van der Waals surface area contributed by atoms with Gasteiger partial charge in [-0.05, 0) is 61.9 Å². The fourth-order valence-electron chi connectivity index (χ4n) is 4.76. The molecule has 4 rings (SSSR count). The molecule has 0 radical (unpaired) electrons. The van der Waals surface area contributed by atoms with Crippen molar-refractivity contribution in [2.24, 2.45) is 5.92 Å². The van der Waals surface area contributed by atoms with Crippen molar-refractivity contribution in [2.75, 3.05) is 19.6 Å². The third kappa shape index (κ3) is 4.08. The van der Waals surface area contributed by atoms with Crippen molar-refractivity contribution in [1.29, 1.82) is 0 Å². The fraction of sp³-hybridized carbons (Fsp3) is 0.500. The predicted octanol–water partition coefficient (Wildman–Crippen LogP) is 3.71. The second-order valence-corrected chi connectivity index (χ2v) is 8.47. The highest BCUT2D eigenvalue weighted by Gasteiger charge is 2.33. The predicted molar refractivity (Wildman–Crippen MR) is 107 cm³/mol. The first-order valence-corrected chi connectivity index (χ1v) is 10.4. The Labute approximate surface area is 170 Å². The molecule has 0 spiro atoms. The summed E-state index contributed by atoms with van der Waals surface area (Å²) in [5.74, 6) is -0.287. The minimum atomic E-state index is -0.655. The number of aromatic nitrogens is 1. The molecule has 2 heterocycles. The molecular weight excluding hydrogens is 379 g/mol. The number of hydrogen-bond donors (Lipinski definition) is 2. The topological polar surface area (TPSA) is 56.6 Å². The van der Waals surface area contributed by atoms with E-state index in [9.17, 15) is 14.6 Å². The third-order valence-electron chi connectivity index (χ3n) is 6.17. The summed E-state index contributed by atoms with van der Waals surface area (Å²) in [7, 11) is 0. The highest BCUT2D eigenvalue weighted by Crippen LogP contribution is 2.36. The second-order valence-electron chi connectivity index (χ2n) is 8.06. The molecule has 4 atom stereocenters. The van der Waals surface area contributed by atoms with Crippen LogP contribution in [-0.4, -0.2) is 45.8 Å². The van der Waals surface area contributed by atoms with E-state index in [1.54, 1.807) is 18.3 Å². The molecular formula is C22H26ClFN2O2. The first-order chi connectivity index (χ1) is 13.5. The van der Waals surface area contributed by atoms with E-state index in [1.165, 1.54) is 6.07 Å². The van der Waals surface area contributed by atoms with Crippen molar-refractivity contribution in [3.63, 3.8) is 0 Å². The summed E-state index contributed by atoms with van der Waals surface area (Å²) in [6.07, 6.45) is 3.79. The normalized spacial score (nSPS) is 28.6. The van der Waals surface area contributed by atoms with E-state index in [4.69, 9.17) is 11.6 Å². The first kappa shape index (κ1) is 19.8. The van der Waals surface area contributed by atoms with Crippen LogP contribution in [0.15, 0.2) is 36.5 Å². The fourth-order valence-corrected chi connectivity index (χ4v) is 5.07.